The summed E-state index contributed by atoms with van der Waals surface area (Å²) >= 11 is 0. The highest BCUT2D eigenvalue weighted by Gasteiger charge is 2.15. The standard InChI is InChI=1S/C20H22N4O/c25-20(13-16-9-6-8-15-7-3-4-10-17(15)16)21-14-19-23-22-18-11-2-1-5-12-24(18)19/h3-4,6-10H,1-2,5,11-14H2,(H,21,25). The van der Waals surface area contributed by atoms with E-state index in [1.165, 1.54) is 12.8 Å². The Bertz CT molecular complexity index is 894. The summed E-state index contributed by atoms with van der Waals surface area (Å²) in [5.74, 6) is 1.93. The molecule has 1 aromatic heterocycles. The SMILES string of the molecule is O=C(Cc1cccc2ccccc12)NCc1nnc2n1CCCCC2. The number of carbonyl (C=O) groups is 1. The van der Waals surface area contributed by atoms with Gasteiger partial charge in [0.05, 0.1) is 13.0 Å². The Morgan fingerprint density at radius 3 is 2.88 bits per heavy atom. The molecule has 1 amide bonds. The minimum atomic E-state index is 0.0160. The Labute approximate surface area is 147 Å². The monoisotopic (exact) mass is 334 g/mol. The van der Waals surface area contributed by atoms with Gasteiger partial charge in [0, 0.05) is 13.0 Å². The van der Waals surface area contributed by atoms with Crippen molar-refractivity contribution in [2.45, 2.75) is 45.2 Å². The number of nitrogens with zero attached hydrogens (tertiary/aromatic N) is 3. The maximum Gasteiger partial charge on any atom is 0.224 e. The van der Waals surface area contributed by atoms with Crippen LogP contribution in [0.25, 0.3) is 10.8 Å². The number of carbonyl (C=O) groups excluding carboxylic acids is 1. The quantitative estimate of drug-likeness (QED) is 0.798. The highest BCUT2D eigenvalue weighted by molar-refractivity contribution is 5.90. The summed E-state index contributed by atoms with van der Waals surface area (Å²) < 4.78 is 2.17. The van der Waals surface area contributed by atoms with Gasteiger partial charge in [-0.1, -0.05) is 48.9 Å². The van der Waals surface area contributed by atoms with Crippen molar-refractivity contribution < 1.29 is 4.79 Å². The van der Waals surface area contributed by atoms with Crippen molar-refractivity contribution in [3.05, 3.63) is 59.7 Å². The van der Waals surface area contributed by atoms with Gasteiger partial charge in [0.15, 0.2) is 5.82 Å². The number of aromatic nitrogens is 3. The predicted molar refractivity (Wildman–Crippen MR) is 97.1 cm³/mol. The van der Waals surface area contributed by atoms with Crippen LogP contribution in [0.15, 0.2) is 42.5 Å². The molecule has 0 spiro atoms. The van der Waals surface area contributed by atoms with Crippen LogP contribution < -0.4 is 5.32 Å². The second-order valence-corrected chi connectivity index (χ2v) is 6.59. The molecule has 5 heteroatoms. The first-order valence-electron chi connectivity index (χ1n) is 8.95. The third-order valence-electron chi connectivity index (χ3n) is 4.86. The van der Waals surface area contributed by atoms with Crippen LogP contribution in [0.2, 0.25) is 0 Å². The zero-order chi connectivity index (χ0) is 17.1. The fourth-order valence-corrected chi connectivity index (χ4v) is 3.54. The maximum atomic E-state index is 12.4. The number of rotatable bonds is 4. The Morgan fingerprint density at radius 1 is 1.04 bits per heavy atom. The fraction of sp³-hybridized carbons (Fsp3) is 0.350. The van der Waals surface area contributed by atoms with Crippen LogP contribution in [0.5, 0.6) is 0 Å². The van der Waals surface area contributed by atoms with Crippen molar-refractivity contribution in [3.8, 4) is 0 Å². The Hall–Kier alpha value is -2.69. The zero-order valence-corrected chi connectivity index (χ0v) is 14.2. The van der Waals surface area contributed by atoms with Gasteiger partial charge in [-0.05, 0) is 29.2 Å². The molecule has 0 bridgehead atoms. The largest absolute Gasteiger partial charge is 0.349 e. The molecule has 0 fully saturated rings. The summed E-state index contributed by atoms with van der Waals surface area (Å²) in [6.07, 6.45) is 4.92. The first-order valence-corrected chi connectivity index (χ1v) is 8.95. The number of benzene rings is 2. The second-order valence-electron chi connectivity index (χ2n) is 6.59. The van der Waals surface area contributed by atoms with Gasteiger partial charge >= 0.3 is 0 Å². The van der Waals surface area contributed by atoms with Crippen LogP contribution in [-0.2, 0) is 30.7 Å². The fourth-order valence-electron chi connectivity index (χ4n) is 3.54. The van der Waals surface area contributed by atoms with Crippen LogP contribution in [0.3, 0.4) is 0 Å². The second kappa shape index (κ2) is 7.05. The Kier molecular flexibility index (Phi) is 4.46. The summed E-state index contributed by atoms with van der Waals surface area (Å²) in [6, 6.07) is 14.3. The normalized spacial score (nSPS) is 14.1. The minimum absolute atomic E-state index is 0.0160. The lowest BCUT2D eigenvalue weighted by atomic mass is 10.0. The number of hydrogen-bond donors (Lipinski definition) is 1. The van der Waals surface area contributed by atoms with Gasteiger partial charge in [0.25, 0.3) is 0 Å². The van der Waals surface area contributed by atoms with Gasteiger partial charge in [-0.2, -0.15) is 0 Å². The maximum absolute atomic E-state index is 12.4. The lowest BCUT2D eigenvalue weighted by Crippen LogP contribution is -2.26. The van der Waals surface area contributed by atoms with E-state index < -0.39 is 0 Å². The molecule has 2 heterocycles. The van der Waals surface area contributed by atoms with E-state index >= 15 is 0 Å². The van der Waals surface area contributed by atoms with E-state index in [0.717, 1.165) is 47.4 Å². The van der Waals surface area contributed by atoms with E-state index in [-0.39, 0.29) is 5.91 Å². The lowest BCUT2D eigenvalue weighted by molar-refractivity contribution is -0.120. The van der Waals surface area contributed by atoms with Crippen molar-refractivity contribution in [2.75, 3.05) is 0 Å². The first kappa shape index (κ1) is 15.8. The lowest BCUT2D eigenvalue weighted by Gasteiger charge is -2.09. The zero-order valence-electron chi connectivity index (χ0n) is 14.2. The van der Waals surface area contributed by atoms with E-state index in [9.17, 15) is 4.79 Å². The predicted octanol–water partition coefficient (Wildman–Crippen LogP) is 3.02. The summed E-state index contributed by atoms with van der Waals surface area (Å²) in [7, 11) is 0. The van der Waals surface area contributed by atoms with E-state index in [2.05, 4.69) is 38.3 Å². The van der Waals surface area contributed by atoms with Crippen LogP contribution in [0.4, 0.5) is 0 Å². The van der Waals surface area contributed by atoms with Gasteiger partial charge in [-0.25, -0.2) is 0 Å². The molecule has 1 N–H and O–H groups in total. The number of fused-ring (bicyclic) bond motifs is 2. The topological polar surface area (TPSA) is 59.8 Å². The third kappa shape index (κ3) is 3.40. The number of nitrogens with one attached hydrogen (secondary N) is 1. The van der Waals surface area contributed by atoms with Gasteiger partial charge in [-0.3, -0.25) is 4.79 Å². The van der Waals surface area contributed by atoms with Crippen molar-refractivity contribution in [1.29, 1.82) is 0 Å². The van der Waals surface area contributed by atoms with Gasteiger partial charge in [0.2, 0.25) is 5.91 Å². The van der Waals surface area contributed by atoms with Gasteiger partial charge in [-0.15, -0.1) is 10.2 Å². The van der Waals surface area contributed by atoms with E-state index in [1.807, 2.05) is 24.3 Å². The molecule has 0 radical (unpaired) electrons. The van der Waals surface area contributed by atoms with E-state index in [1.54, 1.807) is 0 Å². The van der Waals surface area contributed by atoms with Crippen molar-refractivity contribution >= 4 is 16.7 Å². The van der Waals surface area contributed by atoms with Crippen LogP contribution in [0.1, 0.15) is 36.5 Å². The Morgan fingerprint density at radius 2 is 1.92 bits per heavy atom. The number of amides is 1. The molecule has 0 unspecified atom stereocenters. The van der Waals surface area contributed by atoms with Crippen molar-refractivity contribution in [1.82, 2.24) is 20.1 Å². The summed E-state index contributed by atoms with van der Waals surface area (Å²) in [4.78, 5) is 12.4. The molecule has 0 saturated carbocycles. The minimum Gasteiger partial charge on any atom is -0.349 e. The molecule has 1 aliphatic heterocycles. The Balaban J connectivity index is 1.44. The van der Waals surface area contributed by atoms with Gasteiger partial charge in [0.1, 0.15) is 5.82 Å². The highest BCUT2D eigenvalue weighted by Crippen LogP contribution is 2.19. The molecule has 25 heavy (non-hydrogen) atoms. The molecule has 128 valence electrons. The molecule has 0 aliphatic carbocycles. The highest BCUT2D eigenvalue weighted by atomic mass is 16.1. The van der Waals surface area contributed by atoms with Crippen LogP contribution in [-0.4, -0.2) is 20.7 Å². The molecule has 3 aromatic rings. The van der Waals surface area contributed by atoms with Gasteiger partial charge < -0.3 is 9.88 Å². The van der Waals surface area contributed by atoms with E-state index in [4.69, 9.17) is 0 Å². The average Bonchev–Trinajstić information content (AvgIpc) is 2.86. The molecule has 0 atom stereocenters. The molecule has 2 aromatic carbocycles. The van der Waals surface area contributed by atoms with E-state index in [0.29, 0.717) is 13.0 Å². The van der Waals surface area contributed by atoms with Crippen LogP contribution in [0, 0.1) is 0 Å². The number of hydrogen-bond acceptors (Lipinski definition) is 3. The van der Waals surface area contributed by atoms with Crippen LogP contribution >= 0.6 is 0 Å². The smallest absolute Gasteiger partial charge is 0.224 e. The summed E-state index contributed by atoms with van der Waals surface area (Å²) in [6.45, 7) is 1.40. The molecular weight excluding hydrogens is 312 g/mol. The first-order chi connectivity index (χ1) is 12.3. The summed E-state index contributed by atoms with van der Waals surface area (Å²) in [5.41, 5.74) is 1.05. The molecule has 5 nitrogen and oxygen atoms in total. The number of aryl methyl sites for hydroxylation is 1. The molecule has 1 aliphatic rings. The molecule has 4 rings (SSSR count). The molecular formula is C20H22N4O. The van der Waals surface area contributed by atoms with Crippen molar-refractivity contribution in [3.63, 3.8) is 0 Å². The van der Waals surface area contributed by atoms with Crippen molar-refractivity contribution in [2.24, 2.45) is 0 Å². The summed E-state index contributed by atoms with van der Waals surface area (Å²) in [5, 5.41) is 13.9. The average molecular weight is 334 g/mol. The molecule has 0 saturated heterocycles. The third-order valence-corrected chi connectivity index (χ3v) is 4.86.